The highest BCUT2D eigenvalue weighted by Crippen LogP contribution is 2.19. The summed E-state index contributed by atoms with van der Waals surface area (Å²) in [5, 5.41) is 2.46. The van der Waals surface area contributed by atoms with Crippen molar-refractivity contribution in [2.24, 2.45) is 5.92 Å². The molecule has 0 atom stereocenters. The molecule has 0 unspecified atom stereocenters. The van der Waals surface area contributed by atoms with E-state index in [0.717, 1.165) is 17.0 Å². The maximum atomic E-state index is 13.7. The Morgan fingerprint density at radius 3 is 2.59 bits per heavy atom. The van der Waals surface area contributed by atoms with Crippen LogP contribution in [-0.2, 0) is 16.1 Å². The van der Waals surface area contributed by atoms with Crippen molar-refractivity contribution in [3.05, 3.63) is 56.2 Å². The number of hydrogen-bond donors (Lipinski definition) is 3. The molecule has 1 aromatic carbocycles. The Hall–Kier alpha value is -3.54. The topological polar surface area (TPSA) is 140 Å². The van der Waals surface area contributed by atoms with E-state index in [1.54, 1.807) is 0 Å². The number of halogens is 2. The van der Waals surface area contributed by atoms with Gasteiger partial charge in [-0.15, -0.1) is 0 Å². The number of nitrogens with zero attached hydrogens (tertiary/aromatic N) is 2. The van der Waals surface area contributed by atoms with Crippen LogP contribution in [-0.4, -0.2) is 48.2 Å². The summed E-state index contributed by atoms with van der Waals surface area (Å²) in [7, 11) is 1.43. The molecule has 0 bridgehead atoms. The van der Waals surface area contributed by atoms with E-state index < -0.39 is 34.7 Å². The fraction of sp³-hybridized carbons (Fsp3) is 0.455. The highest BCUT2D eigenvalue weighted by molar-refractivity contribution is 5.96. The first-order valence-electron chi connectivity index (χ1n) is 10.7. The van der Waals surface area contributed by atoms with Crippen LogP contribution in [0.3, 0.4) is 0 Å². The predicted octanol–water partition coefficient (Wildman–Crippen LogP) is 1.24. The maximum Gasteiger partial charge on any atom is 0.330 e. The molecule has 1 heterocycles. The molecule has 0 radical (unpaired) electrons. The zero-order valence-electron chi connectivity index (χ0n) is 19.3. The number of ether oxygens (including phenoxy) is 1. The molecule has 12 heteroatoms. The molecule has 10 nitrogen and oxygen atoms in total. The van der Waals surface area contributed by atoms with Gasteiger partial charge in [0.1, 0.15) is 17.5 Å². The van der Waals surface area contributed by atoms with Crippen LogP contribution in [0.4, 0.5) is 20.3 Å². The summed E-state index contributed by atoms with van der Waals surface area (Å²) in [6.07, 6.45) is 0.0817. The average Bonchev–Trinajstić information content (AvgIpc) is 2.75. The Balaban J connectivity index is 2.13. The van der Waals surface area contributed by atoms with Gasteiger partial charge in [-0.05, 0) is 24.5 Å². The highest BCUT2D eigenvalue weighted by Gasteiger charge is 2.24. The number of methoxy groups -OCH3 is 1. The lowest BCUT2D eigenvalue weighted by molar-refractivity contribution is -0.118. The van der Waals surface area contributed by atoms with Crippen LogP contribution in [0.25, 0.3) is 0 Å². The predicted molar refractivity (Wildman–Crippen MR) is 123 cm³/mol. The van der Waals surface area contributed by atoms with Crippen molar-refractivity contribution in [3.8, 4) is 0 Å². The number of rotatable bonds is 11. The summed E-state index contributed by atoms with van der Waals surface area (Å²) < 4.78 is 33.0. The second kappa shape index (κ2) is 12.1. The van der Waals surface area contributed by atoms with E-state index in [-0.39, 0.29) is 62.1 Å². The van der Waals surface area contributed by atoms with Gasteiger partial charge in [-0.3, -0.25) is 23.9 Å². The number of nitrogen functional groups attached to an aromatic ring is 1. The molecule has 0 fully saturated rings. The molecule has 4 N–H and O–H groups in total. The molecular weight excluding hydrogens is 452 g/mol. The van der Waals surface area contributed by atoms with Gasteiger partial charge in [0.05, 0.1) is 12.2 Å². The minimum atomic E-state index is -0.995. The van der Waals surface area contributed by atoms with Crippen molar-refractivity contribution in [1.29, 1.82) is 0 Å². The van der Waals surface area contributed by atoms with Gasteiger partial charge >= 0.3 is 5.69 Å². The number of anilines is 2. The maximum absolute atomic E-state index is 13.7. The summed E-state index contributed by atoms with van der Waals surface area (Å²) in [6, 6.07) is 2.60. The summed E-state index contributed by atoms with van der Waals surface area (Å²) in [4.78, 5) is 53.1. The second-order valence-electron chi connectivity index (χ2n) is 8.02. The molecule has 0 aliphatic rings. The molecule has 2 amide bonds. The number of nitrogens with two attached hydrogens (primary N) is 1. The van der Waals surface area contributed by atoms with Crippen LogP contribution in [0.1, 0.15) is 37.0 Å². The second-order valence-corrected chi connectivity index (χ2v) is 8.02. The molecule has 0 aliphatic heterocycles. The number of carbonyl (C=O) groups is 2. The molecule has 1 aromatic heterocycles. The Morgan fingerprint density at radius 1 is 1.26 bits per heavy atom. The largest absolute Gasteiger partial charge is 0.383 e. The average molecular weight is 482 g/mol. The number of aromatic amines is 1. The van der Waals surface area contributed by atoms with E-state index >= 15 is 0 Å². The molecule has 0 saturated heterocycles. The van der Waals surface area contributed by atoms with Crippen molar-refractivity contribution < 1.29 is 23.1 Å². The number of amides is 2. The van der Waals surface area contributed by atoms with Gasteiger partial charge < -0.3 is 20.7 Å². The third kappa shape index (κ3) is 6.73. The third-order valence-electron chi connectivity index (χ3n) is 4.88. The van der Waals surface area contributed by atoms with Crippen molar-refractivity contribution >= 4 is 23.3 Å². The van der Waals surface area contributed by atoms with E-state index in [4.69, 9.17) is 10.5 Å². The van der Waals surface area contributed by atoms with Gasteiger partial charge in [0.15, 0.2) is 5.69 Å². The summed E-state index contributed by atoms with van der Waals surface area (Å²) in [5.74, 6) is -3.10. The van der Waals surface area contributed by atoms with Crippen LogP contribution in [0, 0.1) is 17.6 Å². The quantitative estimate of drug-likeness (QED) is 0.413. The van der Waals surface area contributed by atoms with E-state index in [0.29, 0.717) is 6.07 Å². The summed E-state index contributed by atoms with van der Waals surface area (Å²) in [6.45, 7) is 4.13. The van der Waals surface area contributed by atoms with Crippen LogP contribution in [0.2, 0.25) is 0 Å². The van der Waals surface area contributed by atoms with E-state index in [1.807, 2.05) is 13.8 Å². The minimum Gasteiger partial charge on any atom is -0.383 e. The van der Waals surface area contributed by atoms with Crippen molar-refractivity contribution in [1.82, 2.24) is 14.9 Å². The van der Waals surface area contributed by atoms with Crippen molar-refractivity contribution in [2.75, 3.05) is 37.4 Å². The first kappa shape index (κ1) is 26.7. The third-order valence-corrected chi connectivity index (χ3v) is 4.88. The first-order valence-corrected chi connectivity index (χ1v) is 10.7. The van der Waals surface area contributed by atoms with E-state index in [9.17, 15) is 28.0 Å². The van der Waals surface area contributed by atoms with Crippen LogP contribution >= 0.6 is 0 Å². The van der Waals surface area contributed by atoms with Crippen molar-refractivity contribution in [2.45, 2.75) is 33.2 Å². The van der Waals surface area contributed by atoms with E-state index in [1.165, 1.54) is 11.7 Å². The Morgan fingerprint density at radius 2 is 1.97 bits per heavy atom. The van der Waals surface area contributed by atoms with Gasteiger partial charge in [-0.25, -0.2) is 13.6 Å². The number of H-pyrrole nitrogens is 1. The van der Waals surface area contributed by atoms with Gasteiger partial charge in [0.25, 0.3) is 11.5 Å². The van der Waals surface area contributed by atoms with Crippen molar-refractivity contribution in [3.63, 3.8) is 0 Å². The van der Waals surface area contributed by atoms with Crippen LogP contribution < -0.4 is 27.2 Å². The monoisotopic (exact) mass is 481 g/mol. The minimum absolute atomic E-state index is 0.00957. The number of hydrogen-bond acceptors (Lipinski definition) is 6. The van der Waals surface area contributed by atoms with E-state index in [2.05, 4.69) is 10.3 Å². The van der Waals surface area contributed by atoms with Gasteiger partial charge in [0.2, 0.25) is 5.91 Å². The first-order chi connectivity index (χ1) is 16.1. The number of benzene rings is 1. The molecule has 0 spiro atoms. The fourth-order valence-electron chi connectivity index (χ4n) is 3.27. The Kier molecular flexibility index (Phi) is 9.48. The highest BCUT2D eigenvalue weighted by atomic mass is 19.1. The molecule has 0 aliphatic carbocycles. The van der Waals surface area contributed by atoms with Gasteiger partial charge in [-0.1, -0.05) is 13.8 Å². The zero-order valence-corrected chi connectivity index (χ0v) is 19.3. The molecule has 0 saturated carbocycles. The number of nitrogens with one attached hydrogen (secondary N) is 2. The summed E-state index contributed by atoms with van der Waals surface area (Å²) in [5.41, 5.74) is 4.17. The zero-order chi connectivity index (χ0) is 25.4. The molecule has 34 heavy (non-hydrogen) atoms. The number of carbonyl (C=O) groups excluding carboxylic acids is 2. The fourth-order valence-corrected chi connectivity index (χ4v) is 3.27. The standard InChI is InChI=1S/C22H29F2N5O5/c1-13(2)12-29-19(25)18(21(32)27-22(29)33)28(9-10-34-3)17(30)5-4-8-26-20(31)15-7-6-14(23)11-16(15)24/h6-7,11,13H,4-5,8-10,12,25H2,1-3H3,(H,26,31)(H,27,32,33). The Bertz CT molecular complexity index is 1150. The Labute approximate surface area is 194 Å². The normalized spacial score (nSPS) is 11.0. The number of aromatic nitrogens is 2. The lowest BCUT2D eigenvalue weighted by atomic mass is 10.2. The van der Waals surface area contributed by atoms with Gasteiger partial charge in [-0.2, -0.15) is 0 Å². The van der Waals surface area contributed by atoms with Gasteiger partial charge in [0, 0.05) is 39.2 Å². The molecule has 2 rings (SSSR count). The lowest BCUT2D eigenvalue weighted by Crippen LogP contribution is -2.43. The van der Waals surface area contributed by atoms with Crippen LogP contribution in [0.15, 0.2) is 27.8 Å². The lowest BCUT2D eigenvalue weighted by Gasteiger charge is -2.24. The molecular formula is C22H29F2N5O5. The smallest absolute Gasteiger partial charge is 0.330 e. The SMILES string of the molecule is COCCN(C(=O)CCCNC(=O)c1ccc(F)cc1F)c1c(N)n(CC(C)C)c(=O)[nH]c1=O. The summed E-state index contributed by atoms with van der Waals surface area (Å²) >= 11 is 0. The molecule has 2 aromatic rings. The molecule has 186 valence electrons. The van der Waals surface area contributed by atoms with Crippen LogP contribution in [0.5, 0.6) is 0 Å².